The number of rotatable bonds is 5. The molecule has 0 aliphatic heterocycles. The van der Waals surface area contributed by atoms with Gasteiger partial charge in [-0.2, -0.15) is 0 Å². The first kappa shape index (κ1) is 16.6. The zero-order valence-corrected chi connectivity index (χ0v) is 14.2. The number of anilines is 2. The Hall–Kier alpha value is -3.28. The molecule has 126 valence electrons. The molecule has 25 heavy (non-hydrogen) atoms. The van der Waals surface area contributed by atoms with Crippen LogP contribution >= 0.6 is 0 Å². The molecule has 2 heterocycles. The molecule has 0 unspecified atom stereocenters. The predicted octanol–water partition coefficient (Wildman–Crippen LogP) is 3.16. The molecule has 1 aromatic carbocycles. The SMILES string of the molecule is Cc1cccc(Nc2ncc(C(=O)NCc3cccnc3)cn2)c1C. The maximum atomic E-state index is 12.2. The summed E-state index contributed by atoms with van der Waals surface area (Å²) in [4.78, 5) is 24.6. The van der Waals surface area contributed by atoms with Crippen molar-refractivity contribution in [2.24, 2.45) is 0 Å². The van der Waals surface area contributed by atoms with Gasteiger partial charge in [-0.15, -0.1) is 0 Å². The van der Waals surface area contributed by atoms with Crippen molar-refractivity contribution in [3.63, 3.8) is 0 Å². The fraction of sp³-hybridized carbons (Fsp3) is 0.158. The molecule has 2 aromatic heterocycles. The number of carbonyl (C=O) groups is 1. The molecule has 0 bridgehead atoms. The normalized spacial score (nSPS) is 10.3. The smallest absolute Gasteiger partial charge is 0.254 e. The van der Waals surface area contributed by atoms with E-state index in [0.717, 1.165) is 16.8 Å². The minimum Gasteiger partial charge on any atom is -0.348 e. The van der Waals surface area contributed by atoms with Crippen molar-refractivity contribution in [1.29, 1.82) is 0 Å². The van der Waals surface area contributed by atoms with Gasteiger partial charge in [-0.05, 0) is 42.7 Å². The molecule has 0 atom stereocenters. The number of nitrogens with zero attached hydrogens (tertiary/aromatic N) is 3. The minimum absolute atomic E-state index is 0.220. The molecular weight excluding hydrogens is 314 g/mol. The minimum atomic E-state index is -0.220. The largest absolute Gasteiger partial charge is 0.348 e. The second-order valence-electron chi connectivity index (χ2n) is 5.71. The molecule has 0 saturated carbocycles. The van der Waals surface area contributed by atoms with Gasteiger partial charge >= 0.3 is 0 Å². The van der Waals surface area contributed by atoms with Crippen molar-refractivity contribution in [2.75, 3.05) is 5.32 Å². The quantitative estimate of drug-likeness (QED) is 0.750. The highest BCUT2D eigenvalue weighted by Crippen LogP contribution is 2.20. The fourth-order valence-corrected chi connectivity index (χ4v) is 2.30. The van der Waals surface area contributed by atoms with Gasteiger partial charge < -0.3 is 10.6 Å². The summed E-state index contributed by atoms with van der Waals surface area (Å²) in [6.45, 7) is 4.50. The lowest BCUT2D eigenvalue weighted by Gasteiger charge is -2.10. The molecule has 6 nitrogen and oxygen atoms in total. The highest BCUT2D eigenvalue weighted by atomic mass is 16.1. The summed E-state index contributed by atoms with van der Waals surface area (Å²) in [6.07, 6.45) is 6.44. The highest BCUT2D eigenvalue weighted by Gasteiger charge is 2.08. The number of hydrogen-bond donors (Lipinski definition) is 2. The number of amides is 1. The van der Waals surface area contributed by atoms with Gasteiger partial charge in [0.15, 0.2) is 0 Å². The van der Waals surface area contributed by atoms with Crippen LogP contribution in [0.2, 0.25) is 0 Å². The molecular formula is C19H19N5O. The van der Waals surface area contributed by atoms with Crippen molar-refractivity contribution < 1.29 is 4.79 Å². The highest BCUT2D eigenvalue weighted by molar-refractivity contribution is 5.93. The maximum Gasteiger partial charge on any atom is 0.254 e. The van der Waals surface area contributed by atoms with Crippen LogP contribution in [0.1, 0.15) is 27.0 Å². The number of pyridine rings is 1. The molecule has 0 saturated heterocycles. The summed E-state index contributed by atoms with van der Waals surface area (Å²) in [5.74, 6) is 0.236. The number of nitrogens with one attached hydrogen (secondary N) is 2. The third-order valence-corrected chi connectivity index (χ3v) is 3.94. The van der Waals surface area contributed by atoms with Gasteiger partial charge in [0.1, 0.15) is 0 Å². The first-order chi connectivity index (χ1) is 12.1. The van der Waals surface area contributed by atoms with Gasteiger partial charge in [0.2, 0.25) is 5.95 Å². The summed E-state index contributed by atoms with van der Waals surface area (Å²) in [6, 6.07) is 9.74. The topological polar surface area (TPSA) is 79.8 Å². The number of hydrogen-bond acceptors (Lipinski definition) is 5. The van der Waals surface area contributed by atoms with E-state index >= 15 is 0 Å². The first-order valence-electron chi connectivity index (χ1n) is 7.96. The van der Waals surface area contributed by atoms with E-state index in [2.05, 4.69) is 38.6 Å². The van der Waals surface area contributed by atoms with Crippen LogP contribution in [0, 0.1) is 13.8 Å². The summed E-state index contributed by atoms with van der Waals surface area (Å²) < 4.78 is 0. The molecule has 2 N–H and O–H groups in total. The molecule has 0 spiro atoms. The zero-order valence-electron chi connectivity index (χ0n) is 14.2. The van der Waals surface area contributed by atoms with Gasteiger partial charge in [-0.3, -0.25) is 9.78 Å². The molecule has 0 aliphatic carbocycles. The van der Waals surface area contributed by atoms with E-state index in [1.54, 1.807) is 12.4 Å². The van der Waals surface area contributed by atoms with E-state index < -0.39 is 0 Å². The first-order valence-corrected chi connectivity index (χ1v) is 7.96. The van der Waals surface area contributed by atoms with Gasteiger partial charge in [0.05, 0.1) is 5.56 Å². The van der Waals surface area contributed by atoms with Gasteiger partial charge in [0.25, 0.3) is 5.91 Å². The fourth-order valence-electron chi connectivity index (χ4n) is 2.30. The van der Waals surface area contributed by atoms with E-state index in [0.29, 0.717) is 18.1 Å². The Balaban J connectivity index is 1.63. The zero-order chi connectivity index (χ0) is 17.6. The van der Waals surface area contributed by atoms with Crippen molar-refractivity contribution in [3.8, 4) is 0 Å². The van der Waals surface area contributed by atoms with Crippen molar-refractivity contribution in [2.45, 2.75) is 20.4 Å². The van der Waals surface area contributed by atoms with E-state index in [9.17, 15) is 4.79 Å². The Labute approximate surface area is 146 Å². The molecule has 3 rings (SSSR count). The average Bonchev–Trinajstić information content (AvgIpc) is 2.65. The van der Waals surface area contributed by atoms with Gasteiger partial charge in [-0.1, -0.05) is 18.2 Å². The third-order valence-electron chi connectivity index (χ3n) is 3.94. The summed E-state index contributed by atoms with van der Waals surface area (Å²) in [5, 5.41) is 6.00. The average molecular weight is 333 g/mol. The number of aromatic nitrogens is 3. The molecule has 0 aliphatic rings. The number of carbonyl (C=O) groups excluding carboxylic acids is 1. The second-order valence-corrected chi connectivity index (χ2v) is 5.71. The Morgan fingerprint density at radius 3 is 2.56 bits per heavy atom. The van der Waals surface area contributed by atoms with Crippen molar-refractivity contribution in [1.82, 2.24) is 20.3 Å². The van der Waals surface area contributed by atoms with Gasteiger partial charge in [0, 0.05) is 37.0 Å². The Morgan fingerprint density at radius 1 is 1.04 bits per heavy atom. The van der Waals surface area contributed by atoms with Crippen LogP contribution in [0.15, 0.2) is 55.1 Å². The molecule has 3 aromatic rings. The summed E-state index contributed by atoms with van der Waals surface area (Å²) in [7, 11) is 0. The van der Waals surface area contributed by atoms with Crippen molar-refractivity contribution >= 4 is 17.5 Å². The Bertz CT molecular complexity index is 863. The van der Waals surface area contributed by atoms with Crippen LogP contribution in [0.25, 0.3) is 0 Å². The Kier molecular flexibility index (Phi) is 4.99. The molecule has 6 heteroatoms. The molecule has 0 fully saturated rings. The monoisotopic (exact) mass is 333 g/mol. The summed E-state index contributed by atoms with van der Waals surface area (Å²) in [5.41, 5.74) is 4.63. The lowest BCUT2D eigenvalue weighted by molar-refractivity contribution is 0.0950. The lowest BCUT2D eigenvalue weighted by Crippen LogP contribution is -2.23. The van der Waals surface area contributed by atoms with Crippen LogP contribution in [0.5, 0.6) is 0 Å². The standard InChI is InChI=1S/C19H19N5O/c1-13-5-3-7-17(14(13)2)24-19-22-11-16(12-23-19)18(25)21-10-15-6-4-8-20-9-15/h3-9,11-12H,10H2,1-2H3,(H,21,25)(H,22,23,24). The van der Waals surface area contributed by atoms with Crippen LogP contribution in [0.3, 0.4) is 0 Å². The van der Waals surface area contributed by atoms with E-state index in [-0.39, 0.29) is 5.91 Å². The predicted molar refractivity (Wildman–Crippen MR) is 96.6 cm³/mol. The second kappa shape index (κ2) is 7.53. The molecule has 1 amide bonds. The number of benzene rings is 1. The van der Waals surface area contributed by atoms with E-state index in [4.69, 9.17) is 0 Å². The van der Waals surface area contributed by atoms with Crippen molar-refractivity contribution in [3.05, 3.63) is 77.4 Å². The molecule has 0 radical (unpaired) electrons. The maximum absolute atomic E-state index is 12.2. The van der Waals surface area contributed by atoms with E-state index in [1.807, 2.05) is 31.2 Å². The lowest BCUT2D eigenvalue weighted by atomic mass is 10.1. The summed E-state index contributed by atoms with van der Waals surface area (Å²) >= 11 is 0. The van der Waals surface area contributed by atoms with E-state index in [1.165, 1.54) is 18.0 Å². The Morgan fingerprint density at radius 2 is 1.84 bits per heavy atom. The van der Waals surface area contributed by atoms with Gasteiger partial charge in [-0.25, -0.2) is 9.97 Å². The number of aryl methyl sites for hydroxylation is 1. The van der Waals surface area contributed by atoms with Crippen LogP contribution in [-0.2, 0) is 6.54 Å². The van der Waals surface area contributed by atoms with Crippen LogP contribution in [-0.4, -0.2) is 20.9 Å². The third kappa shape index (κ3) is 4.17. The van der Waals surface area contributed by atoms with Crippen LogP contribution < -0.4 is 10.6 Å². The van der Waals surface area contributed by atoms with Crippen LogP contribution in [0.4, 0.5) is 11.6 Å².